The molecule has 3 aromatic heterocycles. The Bertz CT molecular complexity index is 1060. The molecular formula is C21H24FN5O2S. The number of likely N-dealkylation sites (tertiary alicyclic amines) is 1. The number of amides is 1. The molecule has 0 saturated carbocycles. The molecule has 9 heteroatoms. The lowest BCUT2D eigenvalue weighted by Crippen LogP contribution is -2.29. The molecule has 0 aliphatic carbocycles. The van der Waals surface area contributed by atoms with Crippen LogP contribution in [0.25, 0.3) is 10.9 Å². The number of fused-ring (bicyclic) bond motifs is 1. The Morgan fingerprint density at radius 2 is 2.40 bits per heavy atom. The molecule has 0 bridgehead atoms. The molecule has 4 heterocycles. The Morgan fingerprint density at radius 3 is 3.13 bits per heavy atom. The minimum atomic E-state index is -0.368. The molecule has 158 valence electrons. The van der Waals surface area contributed by atoms with Crippen molar-refractivity contribution in [3.8, 4) is 5.88 Å². The van der Waals surface area contributed by atoms with Crippen LogP contribution in [0.4, 0.5) is 15.3 Å². The first-order valence-corrected chi connectivity index (χ1v) is 10.7. The Hall–Kier alpha value is -2.94. The van der Waals surface area contributed by atoms with E-state index in [9.17, 15) is 9.18 Å². The number of thiazole rings is 1. The van der Waals surface area contributed by atoms with Crippen LogP contribution < -0.4 is 10.1 Å². The van der Waals surface area contributed by atoms with Crippen molar-refractivity contribution in [2.45, 2.75) is 32.4 Å². The van der Waals surface area contributed by atoms with Gasteiger partial charge < -0.3 is 19.5 Å². The zero-order valence-corrected chi connectivity index (χ0v) is 17.6. The monoisotopic (exact) mass is 429 g/mol. The smallest absolute Gasteiger partial charge is 0.246 e. The first kappa shape index (κ1) is 20.3. The second-order valence-corrected chi connectivity index (χ2v) is 8.45. The molecule has 1 aliphatic rings. The van der Waals surface area contributed by atoms with Gasteiger partial charge >= 0.3 is 0 Å². The van der Waals surface area contributed by atoms with E-state index < -0.39 is 0 Å². The molecule has 1 fully saturated rings. The summed E-state index contributed by atoms with van der Waals surface area (Å²) in [6, 6.07) is 3.87. The van der Waals surface area contributed by atoms with Crippen LogP contribution in [0.2, 0.25) is 0 Å². The van der Waals surface area contributed by atoms with Crippen LogP contribution >= 0.6 is 11.3 Å². The zero-order valence-electron chi connectivity index (χ0n) is 16.8. The van der Waals surface area contributed by atoms with Gasteiger partial charge in [-0.15, -0.1) is 11.3 Å². The fourth-order valence-corrected chi connectivity index (χ4v) is 4.24. The second-order valence-electron chi connectivity index (χ2n) is 7.22. The van der Waals surface area contributed by atoms with E-state index in [0.717, 1.165) is 27.3 Å². The lowest BCUT2D eigenvalue weighted by Gasteiger charge is -2.16. The molecule has 0 aromatic carbocycles. The number of nitrogens with zero attached hydrogens (tertiary/aromatic N) is 4. The highest BCUT2D eigenvalue weighted by Crippen LogP contribution is 2.32. The molecule has 0 spiro atoms. The second kappa shape index (κ2) is 8.83. The number of pyridine rings is 1. The van der Waals surface area contributed by atoms with Crippen LogP contribution in [0.5, 0.6) is 5.88 Å². The predicted molar refractivity (Wildman–Crippen MR) is 116 cm³/mol. The summed E-state index contributed by atoms with van der Waals surface area (Å²) >= 11 is 1.54. The number of nitrogens with one attached hydrogen (secondary N) is 1. The normalized spacial score (nSPS) is 16.2. The average Bonchev–Trinajstić information content (AvgIpc) is 3.46. The summed E-state index contributed by atoms with van der Waals surface area (Å²) in [5.74, 6) is 1.02. The van der Waals surface area contributed by atoms with Crippen LogP contribution in [0.1, 0.15) is 17.7 Å². The van der Waals surface area contributed by atoms with Crippen molar-refractivity contribution < 1.29 is 13.9 Å². The van der Waals surface area contributed by atoms with Gasteiger partial charge in [-0.1, -0.05) is 6.58 Å². The van der Waals surface area contributed by atoms with E-state index in [4.69, 9.17) is 4.74 Å². The third kappa shape index (κ3) is 4.30. The maximum atomic E-state index is 12.7. The minimum absolute atomic E-state index is 0.0915. The number of aryl methyl sites for hydroxylation is 2. The van der Waals surface area contributed by atoms with Crippen molar-refractivity contribution >= 4 is 39.1 Å². The van der Waals surface area contributed by atoms with Crippen molar-refractivity contribution in [3.63, 3.8) is 0 Å². The Kier molecular flexibility index (Phi) is 5.98. The summed E-state index contributed by atoms with van der Waals surface area (Å²) in [4.78, 5) is 23.7. The molecule has 30 heavy (non-hydrogen) atoms. The predicted octanol–water partition coefficient (Wildman–Crippen LogP) is 4.07. The van der Waals surface area contributed by atoms with Gasteiger partial charge in [-0.3, -0.25) is 9.18 Å². The molecule has 1 atom stereocenters. The van der Waals surface area contributed by atoms with E-state index in [1.54, 1.807) is 11.1 Å². The van der Waals surface area contributed by atoms with Crippen molar-refractivity contribution in [1.82, 2.24) is 19.4 Å². The number of anilines is 2. The van der Waals surface area contributed by atoms with E-state index in [0.29, 0.717) is 37.8 Å². The number of carbonyl (C=O) groups excluding carboxylic acids is 1. The Balaban J connectivity index is 1.63. The van der Waals surface area contributed by atoms with E-state index in [1.807, 2.05) is 29.8 Å². The summed E-state index contributed by atoms with van der Waals surface area (Å²) in [6.07, 6.45) is 6.08. The maximum Gasteiger partial charge on any atom is 0.246 e. The van der Waals surface area contributed by atoms with Crippen LogP contribution in [0.3, 0.4) is 0 Å². The molecule has 4 rings (SSSR count). The van der Waals surface area contributed by atoms with Gasteiger partial charge in [-0.25, -0.2) is 4.98 Å². The third-order valence-electron chi connectivity index (χ3n) is 5.03. The van der Waals surface area contributed by atoms with Gasteiger partial charge in [0.25, 0.3) is 0 Å². The van der Waals surface area contributed by atoms with Crippen LogP contribution in [-0.4, -0.2) is 51.2 Å². The van der Waals surface area contributed by atoms with E-state index in [2.05, 4.69) is 21.9 Å². The first-order valence-electron chi connectivity index (χ1n) is 9.90. The fourth-order valence-electron chi connectivity index (χ4n) is 3.57. The average molecular weight is 430 g/mol. The Labute approximate surface area is 178 Å². The van der Waals surface area contributed by atoms with Crippen molar-refractivity contribution in [3.05, 3.63) is 42.1 Å². The van der Waals surface area contributed by atoms with E-state index in [-0.39, 0.29) is 18.7 Å². The molecule has 1 amide bonds. The number of alkyl halides is 1. The van der Waals surface area contributed by atoms with Crippen LogP contribution in [0.15, 0.2) is 37.2 Å². The summed E-state index contributed by atoms with van der Waals surface area (Å²) in [5.41, 5.74) is 0.918. The number of aromatic nitrogens is 3. The van der Waals surface area contributed by atoms with Crippen LogP contribution in [-0.2, 0) is 11.3 Å². The van der Waals surface area contributed by atoms with Gasteiger partial charge in [0, 0.05) is 42.8 Å². The van der Waals surface area contributed by atoms with Gasteiger partial charge in [0.1, 0.15) is 11.9 Å². The zero-order chi connectivity index (χ0) is 21.1. The molecule has 1 N–H and O–H groups in total. The number of hydrogen-bond acceptors (Lipinski definition) is 6. The van der Waals surface area contributed by atoms with E-state index >= 15 is 0 Å². The number of carbonyl (C=O) groups is 1. The number of ether oxygens (including phenoxy) is 1. The van der Waals surface area contributed by atoms with Crippen LogP contribution in [0, 0.1) is 6.92 Å². The first-order chi connectivity index (χ1) is 14.6. The van der Waals surface area contributed by atoms with Crippen molar-refractivity contribution in [1.29, 1.82) is 0 Å². The molecular weight excluding hydrogens is 405 g/mol. The highest BCUT2D eigenvalue weighted by Gasteiger charge is 2.27. The topological polar surface area (TPSA) is 72.3 Å². The van der Waals surface area contributed by atoms with Gasteiger partial charge in [0.05, 0.1) is 24.1 Å². The highest BCUT2D eigenvalue weighted by molar-refractivity contribution is 7.15. The lowest BCUT2D eigenvalue weighted by molar-refractivity contribution is -0.125. The standard InChI is InChI=1S/C21H24FN5O2S/c1-3-19(28)27-9-5-15(13-27)29-20-16-6-10-26(8-4-7-22)17(16)11-18(24-20)25-21-23-12-14(2)30-21/h3,6,10-12,15H,1,4-5,7-9,13H2,2H3,(H,23,24,25). The summed E-state index contributed by atoms with van der Waals surface area (Å²) in [7, 11) is 0. The van der Waals surface area contributed by atoms with E-state index in [1.165, 1.54) is 17.4 Å². The van der Waals surface area contributed by atoms with Crippen molar-refractivity contribution in [2.24, 2.45) is 0 Å². The largest absolute Gasteiger partial charge is 0.472 e. The molecule has 1 saturated heterocycles. The summed E-state index contributed by atoms with van der Waals surface area (Å²) < 4.78 is 21.0. The molecule has 0 radical (unpaired) electrons. The van der Waals surface area contributed by atoms with Gasteiger partial charge in [-0.05, 0) is 25.5 Å². The fraction of sp³-hybridized carbons (Fsp3) is 0.381. The minimum Gasteiger partial charge on any atom is -0.472 e. The number of hydrogen-bond donors (Lipinski definition) is 1. The van der Waals surface area contributed by atoms with Gasteiger partial charge in [-0.2, -0.15) is 4.98 Å². The number of rotatable bonds is 8. The number of halogens is 1. The summed E-state index contributed by atoms with van der Waals surface area (Å²) in [6.45, 7) is 6.88. The molecule has 1 aliphatic heterocycles. The third-order valence-corrected chi connectivity index (χ3v) is 5.86. The van der Waals surface area contributed by atoms with Gasteiger partial charge in [0.2, 0.25) is 11.8 Å². The SMILES string of the molecule is C=CC(=O)N1CCC(Oc2nc(Nc3ncc(C)s3)cc3c2ccn3CCCF)C1. The molecule has 1 unspecified atom stereocenters. The van der Waals surface area contributed by atoms with Gasteiger partial charge in [0.15, 0.2) is 5.13 Å². The summed E-state index contributed by atoms with van der Waals surface area (Å²) in [5, 5.41) is 4.85. The lowest BCUT2D eigenvalue weighted by atomic mass is 10.3. The molecule has 3 aromatic rings. The quantitative estimate of drug-likeness (QED) is 0.547. The van der Waals surface area contributed by atoms with Crippen molar-refractivity contribution in [2.75, 3.05) is 25.1 Å². The molecule has 7 nitrogen and oxygen atoms in total. The maximum absolute atomic E-state index is 12.7. The Morgan fingerprint density at radius 1 is 1.53 bits per heavy atom. The highest BCUT2D eigenvalue weighted by atomic mass is 32.1.